The van der Waals surface area contributed by atoms with Crippen LogP contribution in [0.5, 0.6) is 0 Å². The summed E-state index contributed by atoms with van der Waals surface area (Å²) in [6.07, 6.45) is 7.47. The van der Waals surface area contributed by atoms with E-state index in [2.05, 4.69) is 55.5 Å². The van der Waals surface area contributed by atoms with Crippen LogP contribution in [0.2, 0.25) is 0 Å². The van der Waals surface area contributed by atoms with Crippen molar-refractivity contribution in [2.24, 2.45) is 0 Å². The van der Waals surface area contributed by atoms with E-state index in [1.807, 2.05) is 19.1 Å². The molecule has 27 heavy (non-hydrogen) atoms. The summed E-state index contributed by atoms with van der Waals surface area (Å²) >= 11 is 6.23. The molecule has 4 heteroatoms. The molecular formula is C23H33ClO2Si. The van der Waals surface area contributed by atoms with E-state index < -0.39 is 8.56 Å². The minimum absolute atomic E-state index is 0.0538. The van der Waals surface area contributed by atoms with Crippen LogP contribution in [0.4, 0.5) is 0 Å². The lowest BCUT2D eigenvalue weighted by Gasteiger charge is -2.32. The smallest absolute Gasteiger partial charge is 0.388 e. The number of unbranched alkanes of at least 4 members (excludes halogenated alkanes) is 5. The Balaban J connectivity index is 2.17. The normalized spacial score (nSPS) is 12.9. The molecule has 0 aliphatic carbocycles. The van der Waals surface area contributed by atoms with Crippen molar-refractivity contribution in [1.82, 2.24) is 0 Å². The zero-order chi connectivity index (χ0) is 19.4. The number of rotatable bonds is 13. The van der Waals surface area contributed by atoms with Crippen molar-refractivity contribution in [3.63, 3.8) is 0 Å². The van der Waals surface area contributed by atoms with Crippen LogP contribution in [-0.2, 0) is 8.85 Å². The monoisotopic (exact) mass is 404 g/mol. The lowest BCUT2D eigenvalue weighted by Crippen LogP contribution is -2.64. The molecule has 148 valence electrons. The van der Waals surface area contributed by atoms with Crippen molar-refractivity contribution in [2.45, 2.75) is 57.7 Å². The summed E-state index contributed by atoms with van der Waals surface area (Å²) in [4.78, 5) is 0. The molecule has 0 bridgehead atoms. The molecule has 2 rings (SSSR count). The van der Waals surface area contributed by atoms with Gasteiger partial charge in [-0.15, -0.1) is 11.6 Å². The first-order valence-corrected chi connectivity index (χ1v) is 12.5. The van der Waals surface area contributed by atoms with Crippen LogP contribution in [0.25, 0.3) is 0 Å². The van der Waals surface area contributed by atoms with Gasteiger partial charge in [0.05, 0.1) is 12.0 Å². The molecule has 2 aromatic carbocycles. The fraction of sp³-hybridized carbons (Fsp3) is 0.478. The topological polar surface area (TPSA) is 18.5 Å². The summed E-state index contributed by atoms with van der Waals surface area (Å²) in [5, 5.41) is 2.22. The van der Waals surface area contributed by atoms with Crippen LogP contribution in [0.3, 0.4) is 0 Å². The van der Waals surface area contributed by atoms with E-state index in [1.165, 1.54) is 32.1 Å². The van der Waals surface area contributed by atoms with Gasteiger partial charge in [0.2, 0.25) is 0 Å². The van der Waals surface area contributed by atoms with E-state index in [-0.39, 0.29) is 5.38 Å². The third-order valence-corrected chi connectivity index (χ3v) is 8.12. The summed E-state index contributed by atoms with van der Waals surface area (Å²) in [5.41, 5.74) is 0. The maximum absolute atomic E-state index is 6.62. The van der Waals surface area contributed by atoms with Gasteiger partial charge in [-0.1, -0.05) is 99.7 Å². The molecule has 0 saturated carbocycles. The molecule has 0 aliphatic rings. The Labute approximate surface area is 171 Å². The number of halogens is 1. The van der Waals surface area contributed by atoms with Crippen molar-refractivity contribution in [1.29, 1.82) is 0 Å². The molecule has 0 aromatic heterocycles. The molecule has 2 aromatic rings. The van der Waals surface area contributed by atoms with Crippen molar-refractivity contribution in [3.05, 3.63) is 60.7 Å². The van der Waals surface area contributed by atoms with Gasteiger partial charge < -0.3 is 8.85 Å². The summed E-state index contributed by atoms with van der Waals surface area (Å²) in [7, 11) is -2.77. The third kappa shape index (κ3) is 7.08. The molecule has 0 heterocycles. The molecule has 0 spiro atoms. The Bertz CT molecular complexity index is 579. The molecule has 2 nitrogen and oxygen atoms in total. The van der Waals surface area contributed by atoms with Gasteiger partial charge in [0, 0.05) is 6.61 Å². The van der Waals surface area contributed by atoms with Crippen LogP contribution in [0.1, 0.15) is 52.4 Å². The average Bonchev–Trinajstić information content (AvgIpc) is 2.71. The van der Waals surface area contributed by atoms with Crippen LogP contribution in [-0.4, -0.2) is 27.2 Å². The minimum atomic E-state index is -2.77. The van der Waals surface area contributed by atoms with Crippen molar-refractivity contribution < 1.29 is 8.85 Å². The number of benzene rings is 2. The van der Waals surface area contributed by atoms with Gasteiger partial charge in [0.15, 0.2) is 0 Å². The van der Waals surface area contributed by atoms with E-state index in [4.69, 9.17) is 20.5 Å². The zero-order valence-electron chi connectivity index (χ0n) is 16.7. The SMILES string of the molecule is CCCCCCCCO[Si](OCC(C)Cl)(c1ccccc1)c1ccccc1. The first-order valence-electron chi connectivity index (χ1n) is 10.2. The molecule has 0 saturated heterocycles. The highest BCUT2D eigenvalue weighted by molar-refractivity contribution is 6.92. The molecule has 0 fully saturated rings. The highest BCUT2D eigenvalue weighted by atomic mass is 35.5. The van der Waals surface area contributed by atoms with E-state index >= 15 is 0 Å². The second-order valence-electron chi connectivity index (χ2n) is 7.06. The molecule has 0 amide bonds. The summed E-state index contributed by atoms with van der Waals surface area (Å²) < 4.78 is 13.1. The van der Waals surface area contributed by atoms with Gasteiger partial charge >= 0.3 is 8.56 Å². The quantitative estimate of drug-likeness (QED) is 0.257. The molecular weight excluding hydrogens is 372 g/mol. The first kappa shape index (κ1) is 22.2. The van der Waals surface area contributed by atoms with Gasteiger partial charge in [-0.3, -0.25) is 0 Å². The molecule has 0 radical (unpaired) electrons. The van der Waals surface area contributed by atoms with Crippen molar-refractivity contribution in [2.75, 3.05) is 13.2 Å². The summed E-state index contributed by atoms with van der Waals surface area (Å²) in [6.45, 7) is 5.41. The summed E-state index contributed by atoms with van der Waals surface area (Å²) in [5.74, 6) is 0. The van der Waals surface area contributed by atoms with Gasteiger partial charge in [-0.05, 0) is 23.7 Å². The van der Waals surface area contributed by atoms with Crippen molar-refractivity contribution in [3.8, 4) is 0 Å². The lowest BCUT2D eigenvalue weighted by molar-refractivity contribution is 0.189. The average molecular weight is 405 g/mol. The van der Waals surface area contributed by atoms with Crippen LogP contribution in [0, 0.1) is 0 Å². The Kier molecular flexibility index (Phi) is 10.1. The van der Waals surface area contributed by atoms with E-state index in [1.54, 1.807) is 0 Å². The van der Waals surface area contributed by atoms with Crippen molar-refractivity contribution >= 4 is 30.5 Å². The maximum atomic E-state index is 6.62. The fourth-order valence-corrected chi connectivity index (χ4v) is 6.62. The van der Waals surface area contributed by atoms with E-state index in [0.717, 1.165) is 23.4 Å². The number of hydrogen-bond acceptors (Lipinski definition) is 2. The highest BCUT2D eigenvalue weighted by Crippen LogP contribution is 2.14. The van der Waals surface area contributed by atoms with Gasteiger partial charge in [0.25, 0.3) is 0 Å². The predicted molar refractivity (Wildman–Crippen MR) is 119 cm³/mol. The number of hydrogen-bond donors (Lipinski definition) is 0. The van der Waals surface area contributed by atoms with E-state index in [0.29, 0.717) is 6.61 Å². The Morgan fingerprint density at radius 1 is 0.778 bits per heavy atom. The largest absolute Gasteiger partial charge is 0.407 e. The standard InChI is InChI=1S/C23H33ClO2Si/c1-3-4-5-6-7-14-19-25-27(26-20-21(2)24,22-15-10-8-11-16-22)23-17-12-9-13-18-23/h8-13,15-18,21H,3-7,14,19-20H2,1-2H3. The molecule has 0 N–H and O–H groups in total. The highest BCUT2D eigenvalue weighted by Gasteiger charge is 2.42. The third-order valence-electron chi connectivity index (χ3n) is 4.63. The Morgan fingerprint density at radius 3 is 1.81 bits per heavy atom. The second kappa shape index (κ2) is 12.3. The second-order valence-corrected chi connectivity index (χ2v) is 10.8. The molecule has 0 aliphatic heterocycles. The Morgan fingerprint density at radius 2 is 1.30 bits per heavy atom. The Hall–Kier alpha value is -1.13. The van der Waals surface area contributed by atoms with Crippen LogP contribution >= 0.6 is 11.6 Å². The molecule has 1 unspecified atom stereocenters. The molecule has 1 atom stereocenters. The predicted octanol–water partition coefficient (Wildman–Crippen LogP) is 5.26. The van der Waals surface area contributed by atoms with Gasteiger partial charge in [-0.2, -0.15) is 0 Å². The lowest BCUT2D eigenvalue weighted by atomic mass is 10.1. The first-order chi connectivity index (χ1) is 13.2. The number of alkyl halides is 1. The van der Waals surface area contributed by atoms with Crippen LogP contribution in [0.15, 0.2) is 60.7 Å². The van der Waals surface area contributed by atoms with Crippen LogP contribution < -0.4 is 10.4 Å². The van der Waals surface area contributed by atoms with Gasteiger partial charge in [0.1, 0.15) is 0 Å². The summed E-state index contributed by atoms with van der Waals surface area (Å²) in [6, 6.07) is 20.8. The fourth-order valence-electron chi connectivity index (χ4n) is 3.19. The maximum Gasteiger partial charge on any atom is 0.407 e. The van der Waals surface area contributed by atoms with Gasteiger partial charge in [-0.25, -0.2) is 0 Å². The minimum Gasteiger partial charge on any atom is -0.388 e. The van der Waals surface area contributed by atoms with E-state index in [9.17, 15) is 0 Å². The zero-order valence-corrected chi connectivity index (χ0v) is 18.5.